The summed E-state index contributed by atoms with van der Waals surface area (Å²) in [5.74, 6) is -2.28. The van der Waals surface area contributed by atoms with Crippen molar-refractivity contribution in [1.29, 1.82) is 10.8 Å². The van der Waals surface area contributed by atoms with E-state index in [2.05, 4.69) is 22.2 Å². The van der Waals surface area contributed by atoms with Gasteiger partial charge in [0.1, 0.15) is 23.2 Å². The van der Waals surface area contributed by atoms with Crippen LogP contribution in [-0.2, 0) is 11.3 Å². The van der Waals surface area contributed by atoms with Gasteiger partial charge in [0.05, 0.1) is 18.4 Å². The zero-order valence-corrected chi connectivity index (χ0v) is 23.1. The van der Waals surface area contributed by atoms with Crippen molar-refractivity contribution in [2.24, 2.45) is 0 Å². The highest BCUT2D eigenvalue weighted by atomic mass is 19.1. The summed E-state index contributed by atoms with van der Waals surface area (Å²) in [5, 5.41) is 30.9. The molecule has 38 heavy (non-hydrogen) atoms. The number of amides is 1. The lowest BCUT2D eigenvalue weighted by Gasteiger charge is -2.32. The molecule has 1 aliphatic heterocycles. The molecular weight excluding hydrogens is 487 g/mol. The average Bonchev–Trinajstić information content (AvgIpc) is 2.85. The molecule has 1 fully saturated rings. The van der Waals surface area contributed by atoms with Gasteiger partial charge in [-0.15, -0.1) is 0 Å². The van der Waals surface area contributed by atoms with Crippen LogP contribution in [0.3, 0.4) is 0 Å². The smallest absolute Gasteiger partial charge is 0.287 e. The number of likely N-dealkylation sites (N-methyl/N-ethyl adjacent to an activating group) is 1. The number of aromatic hydroxyl groups is 1. The summed E-state index contributed by atoms with van der Waals surface area (Å²) in [5.41, 5.74) is 1.42. The van der Waals surface area contributed by atoms with Crippen molar-refractivity contribution in [3.8, 4) is 11.5 Å². The molecule has 0 aromatic heterocycles. The first-order valence-corrected chi connectivity index (χ1v) is 12.8. The highest BCUT2D eigenvalue weighted by Gasteiger charge is 2.29. The largest absolute Gasteiger partial charge is 0.507 e. The SMILES string of the molecule is COc1cc(O)c(C(=N)N(C(=N)C(=O)NC(C)C)c2ccc(CN3CCN(C)CC3)cc2F)cc1C(C)C. The molecule has 1 saturated heterocycles. The Morgan fingerprint density at radius 2 is 1.79 bits per heavy atom. The number of carbonyl (C=O) groups excluding carboxylic acids is 1. The van der Waals surface area contributed by atoms with Gasteiger partial charge >= 0.3 is 0 Å². The molecule has 1 amide bonds. The first-order valence-electron chi connectivity index (χ1n) is 12.8. The summed E-state index contributed by atoms with van der Waals surface area (Å²) in [6.45, 7) is 11.6. The van der Waals surface area contributed by atoms with E-state index < -0.39 is 23.4 Å². The second kappa shape index (κ2) is 12.4. The van der Waals surface area contributed by atoms with E-state index in [0.29, 0.717) is 12.3 Å². The van der Waals surface area contributed by atoms with Crippen LogP contribution in [0.1, 0.15) is 50.3 Å². The first-order chi connectivity index (χ1) is 17.9. The van der Waals surface area contributed by atoms with E-state index in [9.17, 15) is 9.90 Å². The predicted molar refractivity (Wildman–Crippen MR) is 148 cm³/mol. The number of phenolic OH excluding ortho intramolecular Hbond substituents is 1. The number of nitrogens with zero attached hydrogens (tertiary/aromatic N) is 3. The van der Waals surface area contributed by atoms with Gasteiger partial charge < -0.3 is 20.1 Å². The van der Waals surface area contributed by atoms with Gasteiger partial charge in [-0.05, 0) is 56.1 Å². The normalized spacial score (nSPS) is 14.6. The minimum atomic E-state index is -0.761. The summed E-state index contributed by atoms with van der Waals surface area (Å²) in [6, 6.07) is 7.33. The summed E-state index contributed by atoms with van der Waals surface area (Å²) in [4.78, 5) is 18.3. The standard InChI is InChI=1S/C28H39FN6O3/c1-17(2)20-14-21(24(36)15-25(20)38-6)26(30)35(27(31)28(37)32-18(3)4)23-8-7-19(13-22(23)29)16-34-11-9-33(5)10-12-34/h7-8,13-15,17-18,30-31,36H,9-12,16H2,1-6H3,(H,32,37). The maximum Gasteiger partial charge on any atom is 0.287 e. The van der Waals surface area contributed by atoms with Crippen LogP contribution in [-0.4, -0.2) is 78.9 Å². The molecule has 4 N–H and O–H groups in total. The van der Waals surface area contributed by atoms with Crippen molar-refractivity contribution in [3.63, 3.8) is 0 Å². The first kappa shape index (κ1) is 29.1. The molecule has 10 heteroatoms. The van der Waals surface area contributed by atoms with Crippen molar-refractivity contribution < 1.29 is 19.0 Å². The fraction of sp³-hybridized carbons (Fsp3) is 0.464. The van der Waals surface area contributed by atoms with Crippen LogP contribution in [0.25, 0.3) is 0 Å². The molecular formula is C28H39FN6O3. The van der Waals surface area contributed by atoms with E-state index in [-0.39, 0.29) is 29.0 Å². The number of anilines is 1. The Labute approximate surface area is 224 Å². The van der Waals surface area contributed by atoms with Crippen LogP contribution >= 0.6 is 0 Å². The van der Waals surface area contributed by atoms with E-state index in [4.69, 9.17) is 15.6 Å². The molecule has 3 rings (SSSR count). The second-order valence-electron chi connectivity index (χ2n) is 10.3. The van der Waals surface area contributed by atoms with E-state index >= 15 is 4.39 Å². The van der Waals surface area contributed by atoms with Gasteiger partial charge in [-0.2, -0.15) is 0 Å². The predicted octanol–water partition coefficient (Wildman–Crippen LogP) is 3.74. The summed E-state index contributed by atoms with van der Waals surface area (Å²) < 4.78 is 21.0. The van der Waals surface area contributed by atoms with Crippen molar-refractivity contribution in [2.75, 3.05) is 45.2 Å². The molecule has 0 unspecified atom stereocenters. The van der Waals surface area contributed by atoms with Crippen LogP contribution < -0.4 is 15.0 Å². The maximum atomic E-state index is 15.6. The lowest BCUT2D eigenvalue weighted by molar-refractivity contribution is -0.115. The Morgan fingerprint density at radius 3 is 2.34 bits per heavy atom. The number of methoxy groups -OCH3 is 1. The van der Waals surface area contributed by atoms with E-state index in [1.54, 1.807) is 26.0 Å². The topological polar surface area (TPSA) is 116 Å². The number of carbonyl (C=O) groups is 1. The third-order valence-corrected chi connectivity index (χ3v) is 6.56. The van der Waals surface area contributed by atoms with Crippen molar-refractivity contribution in [1.82, 2.24) is 15.1 Å². The number of piperazine rings is 1. The van der Waals surface area contributed by atoms with Crippen LogP contribution in [0, 0.1) is 16.6 Å². The third-order valence-electron chi connectivity index (χ3n) is 6.56. The van der Waals surface area contributed by atoms with Gasteiger partial charge in [-0.1, -0.05) is 19.9 Å². The Hall–Kier alpha value is -3.50. The number of phenols is 1. The number of hydrogen-bond donors (Lipinski definition) is 4. The maximum absolute atomic E-state index is 15.6. The molecule has 0 bridgehead atoms. The monoisotopic (exact) mass is 526 g/mol. The number of benzene rings is 2. The van der Waals surface area contributed by atoms with Gasteiger partial charge in [0.15, 0.2) is 5.84 Å². The Bertz CT molecular complexity index is 1190. The van der Waals surface area contributed by atoms with Crippen LogP contribution in [0.15, 0.2) is 30.3 Å². The zero-order valence-electron chi connectivity index (χ0n) is 23.1. The molecule has 2 aromatic carbocycles. The number of hydrogen-bond acceptors (Lipinski definition) is 7. The zero-order chi connectivity index (χ0) is 28.1. The van der Waals surface area contributed by atoms with Crippen LogP contribution in [0.2, 0.25) is 0 Å². The Balaban J connectivity index is 2.02. The minimum Gasteiger partial charge on any atom is -0.507 e. The van der Waals surface area contributed by atoms with Gasteiger partial charge in [-0.3, -0.25) is 25.4 Å². The van der Waals surface area contributed by atoms with E-state index in [0.717, 1.165) is 42.2 Å². The summed E-state index contributed by atoms with van der Waals surface area (Å²) >= 11 is 0. The second-order valence-corrected chi connectivity index (χ2v) is 10.3. The van der Waals surface area contributed by atoms with E-state index in [1.807, 2.05) is 13.8 Å². The number of nitrogens with one attached hydrogen (secondary N) is 3. The Kier molecular flexibility index (Phi) is 9.45. The van der Waals surface area contributed by atoms with Gasteiger partial charge in [0.25, 0.3) is 5.91 Å². The summed E-state index contributed by atoms with van der Waals surface area (Å²) in [7, 11) is 3.56. The van der Waals surface area contributed by atoms with Crippen LogP contribution in [0.5, 0.6) is 11.5 Å². The quantitative estimate of drug-likeness (QED) is 0.323. The fourth-order valence-corrected chi connectivity index (χ4v) is 4.40. The van der Waals surface area contributed by atoms with E-state index in [1.165, 1.54) is 25.3 Å². The lowest BCUT2D eigenvalue weighted by atomic mass is 9.97. The number of halogens is 1. The number of ether oxygens (including phenoxy) is 1. The van der Waals surface area contributed by atoms with Crippen molar-refractivity contribution in [2.45, 2.75) is 46.2 Å². The molecule has 0 spiro atoms. The third kappa shape index (κ3) is 6.68. The van der Waals surface area contributed by atoms with Gasteiger partial charge in [0.2, 0.25) is 0 Å². The molecule has 1 heterocycles. The fourth-order valence-electron chi connectivity index (χ4n) is 4.40. The van der Waals surface area contributed by atoms with Crippen molar-refractivity contribution >= 4 is 23.3 Å². The van der Waals surface area contributed by atoms with Gasteiger partial charge in [0, 0.05) is 44.8 Å². The van der Waals surface area contributed by atoms with Crippen molar-refractivity contribution in [3.05, 3.63) is 52.8 Å². The average molecular weight is 527 g/mol. The molecule has 0 aliphatic carbocycles. The Morgan fingerprint density at radius 1 is 1.13 bits per heavy atom. The molecule has 0 radical (unpaired) electrons. The molecule has 2 aromatic rings. The molecule has 0 atom stereocenters. The highest BCUT2D eigenvalue weighted by molar-refractivity contribution is 6.48. The lowest BCUT2D eigenvalue weighted by Crippen LogP contribution is -2.48. The summed E-state index contributed by atoms with van der Waals surface area (Å²) in [6.07, 6.45) is 0. The van der Waals surface area contributed by atoms with Crippen LogP contribution in [0.4, 0.5) is 10.1 Å². The molecule has 1 aliphatic rings. The number of amidine groups is 2. The molecule has 206 valence electrons. The molecule has 0 saturated carbocycles. The number of rotatable bonds is 7. The highest BCUT2D eigenvalue weighted by Crippen LogP contribution is 2.35. The van der Waals surface area contributed by atoms with Gasteiger partial charge in [-0.25, -0.2) is 4.39 Å². The minimum absolute atomic E-state index is 0.000152. The molecule has 9 nitrogen and oxygen atoms in total.